The van der Waals surface area contributed by atoms with E-state index in [1.165, 1.54) is 32.1 Å². The van der Waals surface area contributed by atoms with Gasteiger partial charge >= 0.3 is 0 Å². The van der Waals surface area contributed by atoms with Gasteiger partial charge in [-0.2, -0.15) is 5.26 Å². The number of hydrogen-bond acceptors (Lipinski definition) is 6. The Morgan fingerprint density at radius 2 is 1.97 bits per heavy atom. The number of benzene rings is 2. The van der Waals surface area contributed by atoms with Gasteiger partial charge in [-0.3, -0.25) is 4.98 Å². The fourth-order valence-electron chi connectivity index (χ4n) is 4.07. The van der Waals surface area contributed by atoms with Crippen LogP contribution in [0.2, 0.25) is 0 Å². The van der Waals surface area contributed by atoms with Crippen molar-refractivity contribution >= 4 is 37.6 Å². The third-order valence-electron chi connectivity index (χ3n) is 5.69. The van der Waals surface area contributed by atoms with Crippen LogP contribution in [0.15, 0.2) is 48.7 Å². The average molecular weight is 415 g/mol. The minimum absolute atomic E-state index is 0.589. The first-order chi connectivity index (χ1) is 14.8. The molecule has 1 aliphatic carbocycles. The van der Waals surface area contributed by atoms with E-state index in [0.29, 0.717) is 5.56 Å². The van der Waals surface area contributed by atoms with Crippen LogP contribution in [0.25, 0.3) is 21.1 Å². The van der Waals surface area contributed by atoms with Gasteiger partial charge in [-0.05, 0) is 55.2 Å². The zero-order valence-corrected chi connectivity index (χ0v) is 17.4. The van der Waals surface area contributed by atoms with Crippen molar-refractivity contribution in [3.05, 3.63) is 54.2 Å². The maximum atomic E-state index is 9.10. The van der Waals surface area contributed by atoms with Crippen LogP contribution in [0.5, 0.6) is 11.5 Å². The third-order valence-corrected chi connectivity index (χ3v) is 6.66. The first-order valence-electron chi connectivity index (χ1n) is 10.4. The van der Waals surface area contributed by atoms with Crippen LogP contribution >= 0.6 is 11.3 Å². The lowest BCUT2D eigenvalue weighted by Crippen LogP contribution is -2.16. The lowest BCUT2D eigenvalue weighted by molar-refractivity contribution is 0.373. The smallest absolute Gasteiger partial charge is 0.183 e. The van der Waals surface area contributed by atoms with E-state index < -0.39 is 0 Å². The van der Waals surface area contributed by atoms with Crippen LogP contribution in [0.4, 0.5) is 5.13 Å². The fraction of sp³-hybridized carbons (Fsp3) is 0.292. The van der Waals surface area contributed by atoms with Gasteiger partial charge in [0.1, 0.15) is 11.5 Å². The predicted molar refractivity (Wildman–Crippen MR) is 121 cm³/mol. The largest absolute Gasteiger partial charge is 0.457 e. The zero-order chi connectivity index (χ0) is 20.3. The number of fused-ring (bicyclic) bond motifs is 2. The molecule has 30 heavy (non-hydrogen) atoms. The highest BCUT2D eigenvalue weighted by Gasteiger charge is 2.14. The summed E-state index contributed by atoms with van der Waals surface area (Å²) in [6, 6.07) is 15.4. The summed E-state index contributed by atoms with van der Waals surface area (Å²) < 4.78 is 7.27. The molecule has 2 aromatic carbocycles. The zero-order valence-electron chi connectivity index (χ0n) is 16.6. The van der Waals surface area contributed by atoms with Gasteiger partial charge in [0, 0.05) is 24.2 Å². The molecule has 6 heteroatoms. The van der Waals surface area contributed by atoms with Crippen molar-refractivity contribution in [1.29, 1.82) is 5.26 Å². The lowest BCUT2D eigenvalue weighted by atomic mass is 9.89. The summed E-state index contributed by atoms with van der Waals surface area (Å²) in [7, 11) is 0. The summed E-state index contributed by atoms with van der Waals surface area (Å²) >= 11 is 1.67. The Morgan fingerprint density at radius 1 is 1.07 bits per heavy atom. The maximum Gasteiger partial charge on any atom is 0.183 e. The molecule has 5 rings (SSSR count). The molecular formula is C24H22N4OS. The molecule has 5 nitrogen and oxygen atoms in total. The second-order valence-electron chi connectivity index (χ2n) is 7.79. The Labute approximate surface area is 179 Å². The molecule has 0 saturated heterocycles. The van der Waals surface area contributed by atoms with Gasteiger partial charge in [0.25, 0.3) is 0 Å². The molecule has 0 spiro atoms. The molecule has 1 aliphatic rings. The second kappa shape index (κ2) is 8.29. The normalized spacial score (nSPS) is 14.6. The molecule has 1 saturated carbocycles. The minimum Gasteiger partial charge on any atom is -0.457 e. The standard InChI is InChI=1S/C24H22N4OS/c25-14-17-6-8-19-21(12-17)26-11-10-22(19)29-18-7-9-20-23(13-18)30-24(28-20)27-15-16-4-2-1-3-5-16/h6-13,16H,1-5,15H2,(H,27,28). The van der Waals surface area contributed by atoms with Crippen LogP contribution < -0.4 is 10.1 Å². The first-order valence-corrected chi connectivity index (χ1v) is 11.2. The number of nitrogens with zero attached hydrogens (tertiary/aromatic N) is 3. The quantitative estimate of drug-likeness (QED) is 0.403. The van der Waals surface area contributed by atoms with E-state index in [4.69, 9.17) is 15.0 Å². The number of rotatable bonds is 5. The molecular weight excluding hydrogens is 392 g/mol. The lowest BCUT2D eigenvalue weighted by Gasteiger charge is -2.21. The van der Waals surface area contributed by atoms with Gasteiger partial charge in [0.15, 0.2) is 5.13 Å². The van der Waals surface area contributed by atoms with Crippen molar-refractivity contribution in [2.24, 2.45) is 5.92 Å². The van der Waals surface area contributed by atoms with Crippen LogP contribution in [-0.2, 0) is 0 Å². The molecule has 0 radical (unpaired) electrons. The Balaban J connectivity index is 1.35. The van der Waals surface area contributed by atoms with E-state index in [2.05, 4.69) is 16.4 Å². The number of thiazole rings is 1. The van der Waals surface area contributed by atoms with E-state index in [-0.39, 0.29) is 0 Å². The number of nitriles is 1. The molecule has 4 aromatic rings. The van der Waals surface area contributed by atoms with Gasteiger partial charge in [-0.1, -0.05) is 30.6 Å². The van der Waals surface area contributed by atoms with E-state index in [0.717, 1.165) is 50.2 Å². The van der Waals surface area contributed by atoms with Gasteiger partial charge < -0.3 is 10.1 Å². The Hall–Kier alpha value is -3.17. The topological polar surface area (TPSA) is 70.8 Å². The summed E-state index contributed by atoms with van der Waals surface area (Å²) in [6.07, 6.45) is 8.45. The minimum atomic E-state index is 0.589. The summed E-state index contributed by atoms with van der Waals surface area (Å²) in [4.78, 5) is 9.08. The summed E-state index contributed by atoms with van der Waals surface area (Å²) in [6.45, 7) is 1.01. The van der Waals surface area contributed by atoms with Gasteiger partial charge in [-0.15, -0.1) is 0 Å². The number of hydrogen-bond donors (Lipinski definition) is 1. The van der Waals surface area contributed by atoms with Crippen LogP contribution in [0.3, 0.4) is 0 Å². The molecule has 0 aliphatic heterocycles. The van der Waals surface area contributed by atoms with E-state index in [1.807, 2.05) is 30.3 Å². The molecule has 0 atom stereocenters. The molecule has 0 amide bonds. The number of anilines is 1. The average Bonchev–Trinajstić information content (AvgIpc) is 3.20. The number of ether oxygens (including phenoxy) is 1. The summed E-state index contributed by atoms with van der Waals surface area (Å²) in [5, 5.41) is 14.5. The highest BCUT2D eigenvalue weighted by molar-refractivity contribution is 7.22. The molecule has 0 unspecified atom stereocenters. The van der Waals surface area contributed by atoms with Crippen molar-refractivity contribution in [1.82, 2.24) is 9.97 Å². The van der Waals surface area contributed by atoms with Crippen LogP contribution in [-0.4, -0.2) is 16.5 Å². The Kier molecular flexibility index (Phi) is 5.20. The summed E-state index contributed by atoms with van der Waals surface area (Å²) in [5.74, 6) is 2.26. The SMILES string of the molecule is N#Cc1ccc2c(Oc3ccc4nc(NCC5CCCCC5)sc4c3)ccnc2c1. The molecule has 1 fully saturated rings. The molecule has 1 N–H and O–H groups in total. The maximum absolute atomic E-state index is 9.10. The number of aromatic nitrogens is 2. The first kappa shape index (κ1) is 18.8. The van der Waals surface area contributed by atoms with Crippen molar-refractivity contribution in [3.63, 3.8) is 0 Å². The van der Waals surface area contributed by atoms with Crippen molar-refractivity contribution in [2.75, 3.05) is 11.9 Å². The van der Waals surface area contributed by atoms with Gasteiger partial charge in [0.2, 0.25) is 0 Å². The molecule has 0 bridgehead atoms. The van der Waals surface area contributed by atoms with Crippen LogP contribution in [0, 0.1) is 17.2 Å². The van der Waals surface area contributed by atoms with E-state index in [1.54, 1.807) is 29.7 Å². The Morgan fingerprint density at radius 3 is 2.83 bits per heavy atom. The summed E-state index contributed by atoms with van der Waals surface area (Å²) in [5.41, 5.74) is 2.32. The highest BCUT2D eigenvalue weighted by Crippen LogP contribution is 2.34. The molecule has 2 heterocycles. The van der Waals surface area contributed by atoms with E-state index >= 15 is 0 Å². The van der Waals surface area contributed by atoms with Crippen LogP contribution in [0.1, 0.15) is 37.7 Å². The monoisotopic (exact) mass is 414 g/mol. The van der Waals surface area contributed by atoms with Crippen molar-refractivity contribution in [2.45, 2.75) is 32.1 Å². The van der Waals surface area contributed by atoms with Crippen molar-refractivity contribution in [3.8, 4) is 17.6 Å². The second-order valence-corrected chi connectivity index (χ2v) is 8.82. The van der Waals surface area contributed by atoms with Gasteiger partial charge in [0.05, 0.1) is 27.4 Å². The molecule has 150 valence electrons. The number of nitrogens with one attached hydrogen (secondary N) is 1. The highest BCUT2D eigenvalue weighted by atomic mass is 32.1. The fourth-order valence-corrected chi connectivity index (χ4v) is 4.98. The van der Waals surface area contributed by atoms with E-state index in [9.17, 15) is 0 Å². The predicted octanol–water partition coefficient (Wildman–Crippen LogP) is 6.50. The number of pyridine rings is 1. The van der Waals surface area contributed by atoms with Crippen molar-refractivity contribution < 1.29 is 4.74 Å². The third kappa shape index (κ3) is 3.94. The Bertz CT molecular complexity index is 1240. The molecule has 2 aromatic heterocycles. The van der Waals surface area contributed by atoms with Gasteiger partial charge in [-0.25, -0.2) is 4.98 Å².